The van der Waals surface area contributed by atoms with Gasteiger partial charge in [0.15, 0.2) is 0 Å². The highest BCUT2D eigenvalue weighted by Crippen LogP contribution is 2.42. The van der Waals surface area contributed by atoms with Gasteiger partial charge in [-0.15, -0.1) is 0 Å². The molecule has 178 valence electrons. The van der Waals surface area contributed by atoms with E-state index >= 15 is 0 Å². The van der Waals surface area contributed by atoms with Crippen molar-refractivity contribution in [3.05, 3.63) is 66.0 Å². The van der Waals surface area contributed by atoms with E-state index in [0.717, 1.165) is 30.5 Å². The second-order valence-corrected chi connectivity index (χ2v) is 9.49. The van der Waals surface area contributed by atoms with Crippen LogP contribution in [0.2, 0.25) is 0 Å². The standard InChI is InChI=1S/C25H30FIN2O4/c26-20-8-10-21(11-9-20)28-22-12-7-19(23-25(22,31)13-4-14-32-23)15-29(17-27)24(30)33-16-18-5-2-1-3-6-18/h1-3,5-6,8-11,19,22-23,28,31H,4,7,12-17H2/t19?,22?,23-,25?/m1/s1. The number of hydrogen-bond donors (Lipinski definition) is 2. The van der Waals surface area contributed by atoms with Crippen molar-refractivity contribution in [1.29, 1.82) is 0 Å². The number of benzene rings is 2. The Morgan fingerprint density at radius 1 is 1.21 bits per heavy atom. The van der Waals surface area contributed by atoms with Crippen molar-refractivity contribution in [2.75, 3.05) is 23.0 Å². The third kappa shape index (κ3) is 5.78. The molecule has 6 nitrogen and oxygen atoms in total. The molecule has 4 atom stereocenters. The number of hydrogen-bond acceptors (Lipinski definition) is 5. The van der Waals surface area contributed by atoms with Crippen LogP contribution < -0.4 is 5.32 Å². The highest BCUT2D eigenvalue weighted by atomic mass is 127. The van der Waals surface area contributed by atoms with Gasteiger partial charge in [0.1, 0.15) is 18.0 Å². The predicted molar refractivity (Wildman–Crippen MR) is 133 cm³/mol. The predicted octanol–water partition coefficient (Wildman–Crippen LogP) is 4.96. The Labute approximate surface area is 207 Å². The summed E-state index contributed by atoms with van der Waals surface area (Å²) in [4.78, 5) is 14.4. The van der Waals surface area contributed by atoms with Crippen molar-refractivity contribution in [3.8, 4) is 0 Å². The highest BCUT2D eigenvalue weighted by molar-refractivity contribution is 14.1. The topological polar surface area (TPSA) is 71.0 Å². The molecule has 0 bridgehead atoms. The van der Waals surface area contributed by atoms with Crippen LogP contribution in [0.3, 0.4) is 0 Å². The third-order valence-corrected chi connectivity index (χ3v) is 7.44. The molecule has 1 saturated carbocycles. The van der Waals surface area contributed by atoms with Crippen LogP contribution in [0.15, 0.2) is 54.6 Å². The van der Waals surface area contributed by atoms with E-state index in [1.54, 1.807) is 17.0 Å². The first-order chi connectivity index (χ1) is 16.0. The van der Waals surface area contributed by atoms with Crippen LogP contribution in [-0.4, -0.2) is 51.5 Å². The van der Waals surface area contributed by atoms with Gasteiger partial charge in [0, 0.05) is 24.8 Å². The number of amides is 1. The van der Waals surface area contributed by atoms with E-state index in [9.17, 15) is 14.3 Å². The monoisotopic (exact) mass is 568 g/mol. The minimum atomic E-state index is -1.06. The molecular formula is C25H30FIN2O4. The molecule has 8 heteroatoms. The number of carbonyl (C=O) groups excluding carboxylic acids is 1. The number of rotatable bonds is 7. The lowest BCUT2D eigenvalue weighted by molar-refractivity contribution is -0.191. The summed E-state index contributed by atoms with van der Waals surface area (Å²) in [5, 5.41) is 15.1. The van der Waals surface area contributed by atoms with E-state index in [2.05, 4.69) is 27.9 Å². The van der Waals surface area contributed by atoms with E-state index in [1.165, 1.54) is 12.1 Å². The number of nitrogens with zero attached hydrogens (tertiary/aromatic N) is 1. The summed E-state index contributed by atoms with van der Waals surface area (Å²) in [6.07, 6.45) is 2.17. The first-order valence-electron chi connectivity index (χ1n) is 11.4. The molecular weight excluding hydrogens is 538 g/mol. The van der Waals surface area contributed by atoms with Crippen molar-refractivity contribution in [2.45, 2.75) is 50.0 Å². The van der Waals surface area contributed by atoms with Crippen LogP contribution in [0.1, 0.15) is 31.2 Å². The summed E-state index contributed by atoms with van der Waals surface area (Å²) >= 11 is 2.17. The van der Waals surface area contributed by atoms with Crippen molar-refractivity contribution >= 4 is 34.4 Å². The maximum atomic E-state index is 13.3. The maximum Gasteiger partial charge on any atom is 0.410 e. The van der Waals surface area contributed by atoms with E-state index in [-0.39, 0.29) is 36.6 Å². The summed E-state index contributed by atoms with van der Waals surface area (Å²) in [5.74, 6) is -0.291. The summed E-state index contributed by atoms with van der Waals surface area (Å²) < 4.78 is 25.4. The number of alkyl halides is 1. The van der Waals surface area contributed by atoms with Crippen molar-refractivity contribution in [1.82, 2.24) is 4.90 Å². The van der Waals surface area contributed by atoms with Gasteiger partial charge in [0.2, 0.25) is 0 Å². The lowest BCUT2D eigenvalue weighted by atomic mass is 9.68. The normalized spacial score (nSPS) is 26.8. The zero-order chi connectivity index (χ0) is 23.3. The van der Waals surface area contributed by atoms with Crippen molar-refractivity contribution < 1.29 is 23.8 Å². The van der Waals surface area contributed by atoms with E-state index < -0.39 is 5.60 Å². The zero-order valence-electron chi connectivity index (χ0n) is 18.5. The fraction of sp³-hybridized carbons (Fsp3) is 0.480. The van der Waals surface area contributed by atoms with Crippen LogP contribution in [0.4, 0.5) is 14.9 Å². The molecule has 0 aromatic heterocycles. The molecule has 2 N–H and O–H groups in total. The molecule has 1 saturated heterocycles. The molecule has 1 aliphatic heterocycles. The molecule has 2 aromatic rings. The Hall–Kier alpha value is -1.91. The zero-order valence-corrected chi connectivity index (χ0v) is 20.6. The fourth-order valence-corrected chi connectivity index (χ4v) is 5.51. The van der Waals surface area contributed by atoms with Gasteiger partial charge >= 0.3 is 6.09 Å². The minimum absolute atomic E-state index is 0.000564. The second-order valence-electron chi connectivity index (χ2n) is 8.81. The van der Waals surface area contributed by atoms with E-state index in [1.807, 2.05) is 30.3 Å². The molecule has 2 fully saturated rings. The van der Waals surface area contributed by atoms with Gasteiger partial charge in [-0.3, -0.25) is 4.90 Å². The number of anilines is 1. The van der Waals surface area contributed by atoms with Gasteiger partial charge in [-0.2, -0.15) is 0 Å². The Morgan fingerprint density at radius 2 is 1.97 bits per heavy atom. The summed E-state index contributed by atoms with van der Waals surface area (Å²) in [6.45, 7) is 1.28. The van der Waals surface area contributed by atoms with Crippen LogP contribution in [0.25, 0.3) is 0 Å². The summed E-state index contributed by atoms with van der Waals surface area (Å²) in [5.41, 5.74) is 0.660. The Morgan fingerprint density at radius 3 is 2.70 bits per heavy atom. The van der Waals surface area contributed by atoms with Crippen LogP contribution in [-0.2, 0) is 16.1 Å². The maximum absolute atomic E-state index is 13.3. The number of halogens is 2. The first-order valence-corrected chi connectivity index (χ1v) is 12.9. The largest absolute Gasteiger partial charge is 0.445 e. The quantitative estimate of drug-likeness (QED) is 0.281. The van der Waals surface area contributed by atoms with E-state index in [0.29, 0.717) is 24.1 Å². The number of aliphatic hydroxyl groups is 1. The van der Waals surface area contributed by atoms with Gasteiger partial charge in [-0.05, 0) is 55.5 Å². The lowest BCUT2D eigenvalue weighted by Gasteiger charge is -2.52. The molecule has 1 heterocycles. The molecule has 0 radical (unpaired) electrons. The smallest absolute Gasteiger partial charge is 0.410 e. The van der Waals surface area contributed by atoms with Crippen molar-refractivity contribution in [3.63, 3.8) is 0 Å². The summed E-state index contributed by atoms with van der Waals surface area (Å²) in [6, 6.07) is 15.6. The first kappa shape index (κ1) is 24.2. The highest BCUT2D eigenvalue weighted by Gasteiger charge is 2.53. The van der Waals surface area contributed by atoms with Gasteiger partial charge in [0.25, 0.3) is 0 Å². The number of fused-ring (bicyclic) bond motifs is 1. The Bertz CT molecular complexity index is 916. The lowest BCUT2D eigenvalue weighted by Crippen LogP contribution is -2.64. The van der Waals surface area contributed by atoms with Gasteiger partial charge in [0.05, 0.1) is 16.7 Å². The number of carbonyl (C=O) groups is 1. The van der Waals surface area contributed by atoms with Crippen molar-refractivity contribution in [2.24, 2.45) is 5.92 Å². The molecule has 2 aliphatic rings. The molecule has 33 heavy (non-hydrogen) atoms. The average Bonchev–Trinajstić information content (AvgIpc) is 2.84. The third-order valence-electron chi connectivity index (χ3n) is 6.62. The Kier molecular flexibility index (Phi) is 8.08. The van der Waals surface area contributed by atoms with Crippen LogP contribution in [0.5, 0.6) is 0 Å². The van der Waals surface area contributed by atoms with Crippen LogP contribution in [0, 0.1) is 11.7 Å². The molecule has 0 spiro atoms. The molecule has 2 aromatic carbocycles. The SMILES string of the molecule is O=C(OCc1ccccc1)N(CI)CC1CCC(Nc2ccc(F)cc2)C2(O)CCCO[C@H]12. The number of nitrogens with one attached hydrogen (secondary N) is 1. The second kappa shape index (κ2) is 11.0. The van der Waals surface area contributed by atoms with E-state index in [4.69, 9.17) is 9.47 Å². The molecule has 4 rings (SSSR count). The Balaban J connectivity index is 1.41. The van der Waals surface area contributed by atoms with Crippen LogP contribution >= 0.6 is 22.6 Å². The minimum Gasteiger partial charge on any atom is -0.445 e. The molecule has 1 aliphatic carbocycles. The van der Waals surface area contributed by atoms with Gasteiger partial charge < -0.3 is 19.9 Å². The van der Waals surface area contributed by atoms with Gasteiger partial charge in [-0.1, -0.05) is 52.9 Å². The molecule has 1 amide bonds. The number of ether oxygens (including phenoxy) is 2. The molecule has 3 unspecified atom stereocenters. The van der Waals surface area contributed by atoms with Gasteiger partial charge in [-0.25, -0.2) is 9.18 Å². The average molecular weight is 568 g/mol. The fourth-order valence-electron chi connectivity index (χ4n) is 4.95. The summed E-state index contributed by atoms with van der Waals surface area (Å²) in [7, 11) is 0.